The van der Waals surface area contributed by atoms with Crippen LogP contribution in [-0.2, 0) is 35.7 Å². The maximum atomic E-state index is 12.9. The lowest BCUT2D eigenvalue weighted by Crippen LogP contribution is -2.35. The van der Waals surface area contributed by atoms with Crippen LogP contribution < -0.4 is 10.0 Å². The smallest absolute Gasteiger partial charge is 0.307 e. The van der Waals surface area contributed by atoms with Crippen molar-refractivity contribution in [1.29, 1.82) is 0 Å². The number of sulfonamides is 1. The number of urea groups is 1. The summed E-state index contributed by atoms with van der Waals surface area (Å²) in [6, 6.07) is 4.52. The van der Waals surface area contributed by atoms with Crippen molar-refractivity contribution < 1.29 is 17.8 Å². The minimum Gasteiger partial charge on any atom is -0.307 e. The molecule has 0 radical (unpaired) electrons. The summed E-state index contributed by atoms with van der Waals surface area (Å²) in [5.74, 6) is 0. The highest BCUT2D eigenvalue weighted by molar-refractivity contribution is 7.98. The summed E-state index contributed by atoms with van der Waals surface area (Å²) in [7, 11) is -4.16. The maximum Gasteiger partial charge on any atom is 0.333 e. The number of benzene rings is 2. The number of carbonyl (C=O) groups excluding carboxylic acids is 1. The minimum absolute atomic E-state index is 0.101. The number of anilines is 1. The van der Waals surface area contributed by atoms with Gasteiger partial charge < -0.3 is 5.32 Å². The van der Waals surface area contributed by atoms with Gasteiger partial charge >= 0.3 is 6.03 Å². The summed E-state index contributed by atoms with van der Waals surface area (Å²) in [5, 5.41) is 10.4. The highest BCUT2D eigenvalue weighted by atomic mass is 32.2. The van der Waals surface area contributed by atoms with Crippen LogP contribution >= 0.6 is 11.8 Å². The Morgan fingerprint density at radius 3 is 2.37 bits per heavy atom. The second-order valence-corrected chi connectivity index (χ2v) is 10.0. The normalized spacial score (nSPS) is 15.2. The van der Waals surface area contributed by atoms with E-state index in [-0.39, 0.29) is 10.4 Å². The zero-order chi connectivity index (χ0) is 20.9. The molecule has 30 heavy (non-hydrogen) atoms. The second-order valence-electron chi connectivity index (χ2n) is 7.52. The summed E-state index contributed by atoms with van der Waals surface area (Å²) >= 11 is 1.40. The van der Waals surface area contributed by atoms with E-state index in [4.69, 9.17) is 4.63 Å². The van der Waals surface area contributed by atoms with Crippen LogP contribution in [0.2, 0.25) is 0 Å². The van der Waals surface area contributed by atoms with Crippen LogP contribution in [0.25, 0.3) is 11.0 Å². The summed E-state index contributed by atoms with van der Waals surface area (Å²) in [6.07, 6.45) is 7.72. The third kappa shape index (κ3) is 3.14. The lowest BCUT2D eigenvalue weighted by atomic mass is 9.99. The Labute approximate surface area is 177 Å². The third-order valence-corrected chi connectivity index (χ3v) is 7.92. The van der Waals surface area contributed by atoms with Crippen LogP contribution in [0.1, 0.15) is 35.1 Å². The van der Waals surface area contributed by atoms with Crippen molar-refractivity contribution in [3.63, 3.8) is 0 Å². The van der Waals surface area contributed by atoms with Gasteiger partial charge in [-0.3, -0.25) is 0 Å². The third-order valence-electron chi connectivity index (χ3n) is 5.79. The van der Waals surface area contributed by atoms with Crippen molar-refractivity contribution in [3.8, 4) is 0 Å². The molecule has 0 spiro atoms. The number of hydrogen-bond donors (Lipinski definition) is 2. The fraction of sp³-hybridized carbons (Fsp3) is 0.350. The van der Waals surface area contributed by atoms with E-state index in [0.717, 1.165) is 60.2 Å². The van der Waals surface area contributed by atoms with E-state index in [2.05, 4.69) is 26.4 Å². The molecule has 0 saturated carbocycles. The van der Waals surface area contributed by atoms with E-state index in [9.17, 15) is 13.2 Å². The molecule has 2 aliphatic carbocycles. The quantitative estimate of drug-likeness (QED) is 0.593. The molecule has 2 amide bonds. The van der Waals surface area contributed by atoms with Gasteiger partial charge in [-0.1, -0.05) is 6.07 Å². The predicted molar refractivity (Wildman–Crippen MR) is 113 cm³/mol. The van der Waals surface area contributed by atoms with Crippen molar-refractivity contribution in [3.05, 3.63) is 40.5 Å². The Balaban J connectivity index is 1.45. The molecule has 0 unspecified atom stereocenters. The molecule has 10 heteroatoms. The van der Waals surface area contributed by atoms with Gasteiger partial charge in [0.15, 0.2) is 5.52 Å². The van der Waals surface area contributed by atoms with Crippen LogP contribution in [0.4, 0.5) is 10.5 Å². The fourth-order valence-electron chi connectivity index (χ4n) is 4.49. The van der Waals surface area contributed by atoms with Gasteiger partial charge in [0.05, 0.1) is 0 Å². The molecule has 1 aromatic heterocycles. The fourth-order valence-corrected chi connectivity index (χ4v) is 6.06. The minimum atomic E-state index is -4.16. The maximum absolute atomic E-state index is 12.9. The van der Waals surface area contributed by atoms with E-state index in [1.807, 2.05) is 6.26 Å². The molecule has 3 aromatic rings. The molecule has 8 nitrogen and oxygen atoms in total. The number of fused-ring (bicyclic) bond motifs is 3. The molecule has 0 aliphatic heterocycles. The first kappa shape index (κ1) is 19.4. The number of nitrogens with one attached hydrogen (secondary N) is 2. The molecule has 2 aliphatic rings. The lowest BCUT2D eigenvalue weighted by molar-refractivity contribution is 0.256. The van der Waals surface area contributed by atoms with Gasteiger partial charge in [0, 0.05) is 10.6 Å². The van der Waals surface area contributed by atoms with Gasteiger partial charge in [0.25, 0.3) is 10.0 Å². The number of thioether (sulfide) groups is 1. The largest absolute Gasteiger partial charge is 0.333 e. The van der Waals surface area contributed by atoms with Crippen molar-refractivity contribution in [1.82, 2.24) is 15.0 Å². The van der Waals surface area contributed by atoms with Gasteiger partial charge in [0.2, 0.25) is 0 Å². The SMILES string of the molecule is CSc1ccc(S(=O)(=O)NC(=O)Nc2c3c(cc4c2CCC4)CCC3)c2nonc12. The van der Waals surface area contributed by atoms with Crippen LogP contribution in [0.15, 0.2) is 32.6 Å². The average Bonchev–Trinajstić information content (AvgIpc) is 3.46. The predicted octanol–water partition coefficient (Wildman–Crippen LogP) is 3.43. The Kier molecular flexibility index (Phi) is 4.70. The Hall–Kier alpha value is -2.59. The average molecular weight is 445 g/mol. The van der Waals surface area contributed by atoms with Gasteiger partial charge in [-0.2, -0.15) is 0 Å². The topological polar surface area (TPSA) is 114 Å². The van der Waals surface area contributed by atoms with Gasteiger partial charge in [-0.15, -0.1) is 11.8 Å². The second kappa shape index (κ2) is 7.28. The zero-order valence-electron chi connectivity index (χ0n) is 16.3. The number of hydrogen-bond acceptors (Lipinski definition) is 7. The first-order valence-corrected chi connectivity index (χ1v) is 12.5. The van der Waals surface area contributed by atoms with Gasteiger partial charge in [-0.25, -0.2) is 22.6 Å². The van der Waals surface area contributed by atoms with E-state index in [0.29, 0.717) is 5.52 Å². The van der Waals surface area contributed by atoms with E-state index < -0.39 is 16.1 Å². The monoisotopic (exact) mass is 444 g/mol. The number of nitrogens with zero attached hydrogens (tertiary/aromatic N) is 2. The highest BCUT2D eigenvalue weighted by Gasteiger charge is 2.28. The molecular formula is C20H20N4O4S2. The first-order valence-electron chi connectivity index (χ1n) is 9.77. The number of aryl methyl sites for hydroxylation is 2. The summed E-state index contributed by atoms with van der Waals surface area (Å²) in [4.78, 5) is 13.3. The van der Waals surface area contributed by atoms with Crippen molar-refractivity contribution in [2.45, 2.75) is 48.3 Å². The molecular weight excluding hydrogens is 424 g/mol. The molecule has 0 fully saturated rings. The van der Waals surface area contributed by atoms with Gasteiger partial charge in [-0.05, 0) is 89.5 Å². The Morgan fingerprint density at radius 2 is 1.70 bits per heavy atom. The summed E-state index contributed by atoms with van der Waals surface area (Å²) in [6.45, 7) is 0. The van der Waals surface area contributed by atoms with Crippen molar-refractivity contribution >= 4 is 44.5 Å². The van der Waals surface area contributed by atoms with Gasteiger partial charge in [0.1, 0.15) is 10.4 Å². The molecule has 0 atom stereocenters. The molecule has 0 bridgehead atoms. The van der Waals surface area contributed by atoms with Crippen molar-refractivity contribution in [2.24, 2.45) is 0 Å². The number of rotatable bonds is 4. The first-order chi connectivity index (χ1) is 14.5. The van der Waals surface area contributed by atoms with Crippen LogP contribution in [0.5, 0.6) is 0 Å². The highest BCUT2D eigenvalue weighted by Crippen LogP contribution is 2.38. The molecule has 2 aromatic carbocycles. The molecule has 0 saturated heterocycles. The van der Waals surface area contributed by atoms with Crippen LogP contribution in [0, 0.1) is 0 Å². The zero-order valence-corrected chi connectivity index (χ0v) is 18.0. The standard InChI is InChI=1S/C20H20N4O4S2/c1-29-15-8-9-16(19-18(15)22-28-23-19)30(26,27)24-20(25)21-17-13-6-2-4-11(13)10-12-5-3-7-14(12)17/h8-10H,2-7H2,1H3,(H2,21,24,25). The lowest BCUT2D eigenvalue weighted by Gasteiger charge is -2.16. The number of amides is 2. The van der Waals surface area contributed by atoms with Crippen LogP contribution in [0.3, 0.4) is 0 Å². The molecule has 1 heterocycles. The molecule has 5 rings (SSSR count). The molecule has 156 valence electrons. The summed E-state index contributed by atoms with van der Waals surface area (Å²) in [5.41, 5.74) is 6.03. The van der Waals surface area contributed by atoms with Crippen molar-refractivity contribution in [2.75, 3.05) is 11.6 Å². The number of carbonyl (C=O) groups is 1. The molecule has 2 N–H and O–H groups in total. The Bertz CT molecular complexity index is 1250. The van der Waals surface area contributed by atoms with Crippen LogP contribution in [-0.4, -0.2) is 31.0 Å². The Morgan fingerprint density at radius 1 is 1.03 bits per heavy atom. The van der Waals surface area contributed by atoms with E-state index in [1.54, 1.807) is 6.07 Å². The number of aromatic nitrogens is 2. The van der Waals surface area contributed by atoms with E-state index >= 15 is 0 Å². The van der Waals surface area contributed by atoms with E-state index in [1.165, 1.54) is 29.0 Å². The summed E-state index contributed by atoms with van der Waals surface area (Å²) < 4.78 is 32.7.